The quantitative estimate of drug-likeness (QED) is 0.625. The summed E-state index contributed by atoms with van der Waals surface area (Å²) in [5, 5.41) is 8.89. The fraction of sp³-hybridized carbons (Fsp3) is 0.550. The van der Waals surface area contributed by atoms with Gasteiger partial charge < -0.3 is 20.7 Å². The number of rotatable bonds is 6. The Morgan fingerprint density at radius 2 is 1.86 bits per heavy atom. The second kappa shape index (κ2) is 9.39. The van der Waals surface area contributed by atoms with Crippen LogP contribution in [-0.2, 0) is 14.3 Å². The molecule has 3 rings (SSSR count). The third-order valence-corrected chi connectivity index (χ3v) is 5.51. The number of esters is 1. The van der Waals surface area contributed by atoms with Crippen LogP contribution in [0, 0.1) is 11.3 Å². The molecule has 1 aliphatic heterocycles. The summed E-state index contributed by atoms with van der Waals surface area (Å²) in [5.41, 5.74) is 1.29. The Bertz CT molecular complexity index is 717. The van der Waals surface area contributed by atoms with Crippen molar-refractivity contribution in [3.63, 3.8) is 0 Å². The Morgan fingerprint density at radius 1 is 1.21 bits per heavy atom. The highest BCUT2D eigenvalue weighted by Crippen LogP contribution is 2.58. The molecule has 28 heavy (non-hydrogen) atoms. The molecule has 2 aliphatic rings. The van der Waals surface area contributed by atoms with Gasteiger partial charge in [0.05, 0.1) is 6.61 Å². The smallest absolute Gasteiger partial charge is 0.328 e. The monoisotopic (exact) mass is 409 g/mol. The van der Waals surface area contributed by atoms with Crippen molar-refractivity contribution in [2.45, 2.75) is 39.2 Å². The molecule has 8 heteroatoms. The largest absolute Gasteiger partial charge is 0.464 e. The van der Waals surface area contributed by atoms with Gasteiger partial charge in [-0.15, -0.1) is 12.4 Å². The van der Waals surface area contributed by atoms with Crippen molar-refractivity contribution in [3.8, 4) is 0 Å². The number of halogens is 1. The molecule has 0 radical (unpaired) electrons. The summed E-state index contributed by atoms with van der Waals surface area (Å²) in [4.78, 5) is 36.3. The lowest BCUT2D eigenvalue weighted by Crippen LogP contribution is -2.39. The first-order chi connectivity index (χ1) is 12.9. The summed E-state index contributed by atoms with van der Waals surface area (Å²) in [6.45, 7) is 5.53. The fourth-order valence-corrected chi connectivity index (χ4v) is 3.74. The van der Waals surface area contributed by atoms with Crippen molar-refractivity contribution >= 4 is 35.9 Å². The molecule has 1 saturated carbocycles. The maximum Gasteiger partial charge on any atom is 0.328 e. The molecule has 154 valence electrons. The number of carbonyl (C=O) groups excluding carboxylic acids is 3. The van der Waals surface area contributed by atoms with Crippen molar-refractivity contribution in [3.05, 3.63) is 29.8 Å². The van der Waals surface area contributed by atoms with Gasteiger partial charge in [0.1, 0.15) is 6.04 Å². The van der Waals surface area contributed by atoms with Crippen LogP contribution in [0.2, 0.25) is 0 Å². The van der Waals surface area contributed by atoms with Gasteiger partial charge in [-0.1, -0.05) is 0 Å². The van der Waals surface area contributed by atoms with Crippen LogP contribution in [0.3, 0.4) is 0 Å². The first kappa shape index (κ1) is 22.2. The molecular formula is C20H28ClN3O4. The maximum absolute atomic E-state index is 12.5. The summed E-state index contributed by atoms with van der Waals surface area (Å²) < 4.78 is 4.87. The van der Waals surface area contributed by atoms with E-state index in [4.69, 9.17) is 4.74 Å². The van der Waals surface area contributed by atoms with Crippen LogP contribution < -0.4 is 16.0 Å². The first-order valence-corrected chi connectivity index (χ1v) is 9.54. The number of nitrogens with one attached hydrogen (secondary N) is 3. The zero-order valence-electron chi connectivity index (χ0n) is 16.2. The summed E-state index contributed by atoms with van der Waals surface area (Å²) in [6.07, 6.45) is 3.08. The zero-order valence-corrected chi connectivity index (χ0v) is 17.1. The van der Waals surface area contributed by atoms with Crippen molar-refractivity contribution in [2.24, 2.45) is 11.3 Å². The van der Waals surface area contributed by atoms with Crippen LogP contribution in [0.4, 0.5) is 5.69 Å². The van der Waals surface area contributed by atoms with E-state index in [9.17, 15) is 14.4 Å². The number of ether oxygens (including phenoxy) is 1. The molecule has 0 bridgehead atoms. The van der Waals surface area contributed by atoms with Gasteiger partial charge in [0, 0.05) is 17.2 Å². The van der Waals surface area contributed by atoms with Crippen molar-refractivity contribution in [1.82, 2.24) is 10.6 Å². The molecule has 1 saturated heterocycles. The zero-order chi connectivity index (χ0) is 19.4. The van der Waals surface area contributed by atoms with Crippen LogP contribution in [0.15, 0.2) is 24.3 Å². The molecule has 1 aromatic rings. The topological polar surface area (TPSA) is 96.5 Å². The molecule has 2 amide bonds. The van der Waals surface area contributed by atoms with Gasteiger partial charge in [-0.05, 0) is 75.9 Å². The normalized spacial score (nSPS) is 20.4. The number of hydrogen-bond donors (Lipinski definition) is 3. The molecule has 1 heterocycles. The van der Waals surface area contributed by atoms with Crippen LogP contribution in [0.5, 0.6) is 0 Å². The Labute approximate surface area is 171 Å². The minimum absolute atomic E-state index is 0. The van der Waals surface area contributed by atoms with E-state index in [0.717, 1.165) is 32.4 Å². The van der Waals surface area contributed by atoms with Crippen LogP contribution in [-0.4, -0.2) is 43.5 Å². The van der Waals surface area contributed by atoms with Gasteiger partial charge in [0.25, 0.3) is 5.91 Å². The highest BCUT2D eigenvalue weighted by molar-refractivity contribution is 5.98. The summed E-state index contributed by atoms with van der Waals surface area (Å²) >= 11 is 0. The number of hydrogen-bond acceptors (Lipinski definition) is 5. The third kappa shape index (κ3) is 5.02. The molecular weight excluding hydrogens is 382 g/mol. The second-order valence-corrected chi connectivity index (χ2v) is 7.38. The highest BCUT2D eigenvalue weighted by Gasteiger charge is 2.57. The molecule has 7 nitrogen and oxygen atoms in total. The molecule has 0 aromatic heterocycles. The number of amides is 2. The van der Waals surface area contributed by atoms with Gasteiger partial charge in [0.15, 0.2) is 0 Å². The predicted octanol–water partition coefficient (Wildman–Crippen LogP) is 2.12. The molecule has 1 aromatic carbocycles. The van der Waals surface area contributed by atoms with Gasteiger partial charge in [-0.2, -0.15) is 0 Å². The summed E-state index contributed by atoms with van der Waals surface area (Å²) in [7, 11) is 0. The summed E-state index contributed by atoms with van der Waals surface area (Å²) in [6, 6.07) is 5.97. The molecule has 2 unspecified atom stereocenters. The summed E-state index contributed by atoms with van der Waals surface area (Å²) in [5.74, 6) is -0.673. The Kier molecular flexibility index (Phi) is 7.43. The lowest BCUT2D eigenvalue weighted by Gasteiger charge is -2.23. The number of carbonyl (C=O) groups is 3. The molecule has 1 spiro atoms. The van der Waals surface area contributed by atoms with Gasteiger partial charge in [-0.3, -0.25) is 9.59 Å². The van der Waals surface area contributed by atoms with Crippen molar-refractivity contribution < 1.29 is 19.1 Å². The Balaban J connectivity index is 0.00000280. The third-order valence-electron chi connectivity index (χ3n) is 5.51. The minimum atomic E-state index is -0.715. The predicted molar refractivity (Wildman–Crippen MR) is 109 cm³/mol. The van der Waals surface area contributed by atoms with Gasteiger partial charge in [-0.25, -0.2) is 4.79 Å². The molecule has 3 N–H and O–H groups in total. The first-order valence-electron chi connectivity index (χ1n) is 9.54. The van der Waals surface area contributed by atoms with E-state index < -0.39 is 12.0 Å². The van der Waals surface area contributed by atoms with Crippen molar-refractivity contribution in [2.75, 3.05) is 25.0 Å². The van der Waals surface area contributed by atoms with E-state index in [0.29, 0.717) is 11.3 Å². The average Bonchev–Trinajstić information content (AvgIpc) is 3.36. The lowest BCUT2D eigenvalue weighted by atomic mass is 9.92. The van der Waals surface area contributed by atoms with Crippen molar-refractivity contribution in [1.29, 1.82) is 0 Å². The number of anilines is 1. The van der Waals surface area contributed by atoms with Crippen LogP contribution in [0.1, 0.15) is 43.5 Å². The maximum atomic E-state index is 12.5. The van der Waals surface area contributed by atoms with E-state index in [1.807, 2.05) is 0 Å². The SMILES string of the molecule is CCOC(=O)C(C)NC(=O)c1ccc(NC(=O)C2CC23CCNCC3)cc1.Cl. The van der Waals surface area contributed by atoms with E-state index in [1.165, 1.54) is 0 Å². The van der Waals surface area contributed by atoms with Crippen LogP contribution in [0.25, 0.3) is 0 Å². The number of benzene rings is 1. The molecule has 1 aliphatic carbocycles. The molecule has 2 fully saturated rings. The fourth-order valence-electron chi connectivity index (χ4n) is 3.74. The van der Waals surface area contributed by atoms with Crippen LogP contribution >= 0.6 is 12.4 Å². The molecule has 2 atom stereocenters. The number of piperidine rings is 1. The minimum Gasteiger partial charge on any atom is -0.464 e. The average molecular weight is 410 g/mol. The Hall–Kier alpha value is -2.12. The van der Waals surface area contributed by atoms with E-state index in [2.05, 4.69) is 16.0 Å². The van der Waals surface area contributed by atoms with Gasteiger partial charge in [0.2, 0.25) is 5.91 Å². The van der Waals surface area contributed by atoms with Gasteiger partial charge >= 0.3 is 5.97 Å². The lowest BCUT2D eigenvalue weighted by molar-refractivity contribution is -0.144. The highest BCUT2D eigenvalue weighted by atomic mass is 35.5. The standard InChI is InChI=1S/C20H27N3O4.ClH/c1-3-27-19(26)13(2)22-17(24)14-4-6-15(7-5-14)23-18(25)16-12-20(16)8-10-21-11-9-20;/h4-7,13,16,21H,3,8-12H2,1-2H3,(H,22,24)(H,23,25);1H. The van der Waals surface area contributed by atoms with E-state index >= 15 is 0 Å². The second-order valence-electron chi connectivity index (χ2n) is 7.38. The van der Waals surface area contributed by atoms with E-state index in [-0.39, 0.29) is 42.2 Å². The van der Waals surface area contributed by atoms with E-state index in [1.54, 1.807) is 38.1 Å². The Morgan fingerprint density at radius 3 is 2.46 bits per heavy atom.